The number of hydrogen-bond donors (Lipinski definition) is 1. The summed E-state index contributed by atoms with van der Waals surface area (Å²) in [7, 11) is -0.193. The molecule has 1 N–H and O–H groups in total. The van der Waals surface area contributed by atoms with Gasteiger partial charge in [-0.05, 0) is 53.6 Å². The first-order chi connectivity index (χ1) is 21.6. The average Bonchev–Trinajstić information content (AvgIpc) is 3.06. The molecule has 0 heterocycles. The Morgan fingerprint density at radius 2 is 1.53 bits per heavy atom. The van der Waals surface area contributed by atoms with Crippen LogP contribution in [-0.2, 0) is 32.6 Å². The second-order valence-corrected chi connectivity index (χ2v) is 12.2. The van der Waals surface area contributed by atoms with Gasteiger partial charge in [0.15, 0.2) is 11.5 Å². The number of carbonyl (C=O) groups is 2. The van der Waals surface area contributed by atoms with Crippen LogP contribution >= 0.6 is 11.6 Å². The van der Waals surface area contributed by atoms with Gasteiger partial charge < -0.3 is 19.7 Å². The minimum absolute atomic E-state index is 0.0387. The standard InChI is InChI=1S/C33H33ClFN3O6S/c1-36-33(40)29(19-23-9-5-4-6-10-23)37(21-24-11-7-8-12-28(24)34)32(39)22-38(26-15-13-25(35)14-16-26)45(41,42)27-17-18-30(43-2)31(20-27)44-3/h4-18,20,29H,19,21-22H2,1-3H3,(H,36,40). The summed E-state index contributed by atoms with van der Waals surface area (Å²) in [4.78, 5) is 28.8. The molecule has 9 nitrogen and oxygen atoms in total. The van der Waals surface area contributed by atoms with Gasteiger partial charge in [0.25, 0.3) is 10.0 Å². The third kappa shape index (κ3) is 7.92. The van der Waals surface area contributed by atoms with Crippen molar-refractivity contribution < 1.29 is 31.9 Å². The monoisotopic (exact) mass is 653 g/mol. The van der Waals surface area contributed by atoms with E-state index in [4.69, 9.17) is 21.1 Å². The van der Waals surface area contributed by atoms with Gasteiger partial charge in [-0.1, -0.05) is 60.1 Å². The zero-order valence-electron chi connectivity index (χ0n) is 24.9. The summed E-state index contributed by atoms with van der Waals surface area (Å²) in [5.74, 6) is -1.26. The molecule has 4 aromatic rings. The van der Waals surface area contributed by atoms with Crippen LogP contribution in [0, 0.1) is 5.82 Å². The molecule has 0 aliphatic heterocycles. The van der Waals surface area contributed by atoms with Crippen molar-refractivity contribution >= 4 is 39.1 Å². The van der Waals surface area contributed by atoms with Crippen LogP contribution in [-0.4, -0.2) is 59.0 Å². The Morgan fingerprint density at radius 3 is 2.16 bits per heavy atom. The first-order valence-electron chi connectivity index (χ1n) is 13.9. The lowest BCUT2D eigenvalue weighted by Gasteiger charge is -2.33. The Balaban J connectivity index is 1.81. The fourth-order valence-corrected chi connectivity index (χ4v) is 6.40. The number of sulfonamides is 1. The number of likely N-dealkylation sites (N-methyl/N-ethyl adjacent to an activating group) is 1. The molecular formula is C33H33ClFN3O6S. The Labute approximate surface area is 267 Å². The van der Waals surface area contributed by atoms with Crippen LogP contribution in [0.1, 0.15) is 11.1 Å². The van der Waals surface area contributed by atoms with E-state index in [0.29, 0.717) is 16.3 Å². The smallest absolute Gasteiger partial charge is 0.264 e. The van der Waals surface area contributed by atoms with Crippen molar-refractivity contribution in [1.29, 1.82) is 0 Å². The lowest BCUT2D eigenvalue weighted by Crippen LogP contribution is -2.53. The Kier molecular flexibility index (Phi) is 11.0. The highest BCUT2D eigenvalue weighted by Crippen LogP contribution is 2.32. The van der Waals surface area contributed by atoms with E-state index in [0.717, 1.165) is 22.0 Å². The summed E-state index contributed by atoms with van der Waals surface area (Å²) in [6.07, 6.45) is 0.148. The van der Waals surface area contributed by atoms with Crippen LogP contribution in [0.4, 0.5) is 10.1 Å². The summed E-state index contributed by atoms with van der Waals surface area (Å²) in [5, 5.41) is 3.00. The molecule has 2 amide bonds. The zero-order chi connectivity index (χ0) is 32.6. The molecule has 45 heavy (non-hydrogen) atoms. The van der Waals surface area contributed by atoms with Crippen LogP contribution < -0.4 is 19.1 Å². The maximum Gasteiger partial charge on any atom is 0.264 e. The maximum absolute atomic E-state index is 14.3. The molecule has 12 heteroatoms. The fraction of sp³-hybridized carbons (Fsp3) is 0.212. The maximum atomic E-state index is 14.3. The molecular weight excluding hydrogens is 621 g/mol. The van der Waals surface area contributed by atoms with Gasteiger partial charge in [0, 0.05) is 31.1 Å². The van der Waals surface area contributed by atoms with Gasteiger partial charge >= 0.3 is 0 Å². The summed E-state index contributed by atoms with van der Waals surface area (Å²) in [6.45, 7) is -0.799. The second kappa shape index (κ2) is 14.9. The largest absolute Gasteiger partial charge is 0.493 e. The topological polar surface area (TPSA) is 105 Å². The first-order valence-corrected chi connectivity index (χ1v) is 15.7. The number of ether oxygens (including phenoxy) is 2. The Morgan fingerprint density at radius 1 is 0.889 bits per heavy atom. The van der Waals surface area contributed by atoms with Gasteiger partial charge in [-0.25, -0.2) is 12.8 Å². The predicted molar refractivity (Wildman–Crippen MR) is 170 cm³/mol. The van der Waals surface area contributed by atoms with E-state index in [1.54, 1.807) is 24.3 Å². The van der Waals surface area contributed by atoms with Crippen molar-refractivity contribution in [2.24, 2.45) is 0 Å². The normalized spacial score (nSPS) is 11.8. The van der Waals surface area contributed by atoms with E-state index in [1.165, 1.54) is 56.5 Å². The van der Waals surface area contributed by atoms with E-state index >= 15 is 0 Å². The van der Waals surface area contributed by atoms with Crippen molar-refractivity contribution in [1.82, 2.24) is 10.2 Å². The SMILES string of the molecule is CNC(=O)C(Cc1ccccc1)N(Cc1ccccc1Cl)C(=O)CN(c1ccc(F)cc1)S(=O)(=O)c1ccc(OC)c(OC)c1. The van der Waals surface area contributed by atoms with Crippen molar-refractivity contribution in [2.45, 2.75) is 23.9 Å². The number of hydrogen-bond acceptors (Lipinski definition) is 6. The molecule has 0 spiro atoms. The third-order valence-corrected chi connectivity index (χ3v) is 9.29. The average molecular weight is 654 g/mol. The van der Waals surface area contributed by atoms with Crippen LogP contribution in [0.3, 0.4) is 0 Å². The first kappa shape index (κ1) is 33.3. The molecule has 0 radical (unpaired) electrons. The highest BCUT2D eigenvalue weighted by molar-refractivity contribution is 7.92. The molecule has 0 saturated heterocycles. The highest BCUT2D eigenvalue weighted by atomic mass is 35.5. The number of methoxy groups -OCH3 is 2. The number of benzene rings is 4. The molecule has 0 aromatic heterocycles. The van der Waals surface area contributed by atoms with Gasteiger partial charge in [-0.15, -0.1) is 0 Å². The molecule has 0 aliphatic rings. The molecule has 4 aromatic carbocycles. The van der Waals surface area contributed by atoms with Gasteiger partial charge in [0.05, 0.1) is 24.8 Å². The number of rotatable bonds is 13. The minimum Gasteiger partial charge on any atom is -0.493 e. The lowest BCUT2D eigenvalue weighted by molar-refractivity contribution is -0.139. The van der Waals surface area contributed by atoms with E-state index in [2.05, 4.69) is 5.32 Å². The van der Waals surface area contributed by atoms with E-state index in [9.17, 15) is 22.4 Å². The Hall–Kier alpha value is -4.61. The molecule has 0 bridgehead atoms. The van der Waals surface area contributed by atoms with E-state index < -0.39 is 40.2 Å². The molecule has 236 valence electrons. The van der Waals surface area contributed by atoms with Crippen LogP contribution in [0.2, 0.25) is 5.02 Å². The molecule has 0 saturated carbocycles. The summed E-state index contributed by atoms with van der Waals surface area (Å²) in [6, 6.07) is 23.8. The molecule has 4 rings (SSSR count). The summed E-state index contributed by atoms with van der Waals surface area (Å²) >= 11 is 6.47. The number of nitrogens with one attached hydrogen (secondary N) is 1. The summed E-state index contributed by atoms with van der Waals surface area (Å²) < 4.78 is 53.7. The van der Waals surface area contributed by atoms with Crippen molar-refractivity contribution in [3.63, 3.8) is 0 Å². The Bertz CT molecular complexity index is 1740. The van der Waals surface area contributed by atoms with Crippen LogP contribution in [0.5, 0.6) is 11.5 Å². The molecule has 1 atom stereocenters. The van der Waals surface area contributed by atoms with Crippen molar-refractivity contribution in [3.8, 4) is 11.5 Å². The number of amides is 2. The second-order valence-electron chi connectivity index (χ2n) is 9.94. The van der Waals surface area contributed by atoms with Gasteiger partial charge in [0.1, 0.15) is 18.4 Å². The van der Waals surface area contributed by atoms with Crippen molar-refractivity contribution in [2.75, 3.05) is 32.1 Å². The van der Waals surface area contributed by atoms with E-state index in [-0.39, 0.29) is 29.3 Å². The van der Waals surface area contributed by atoms with E-state index in [1.807, 2.05) is 30.3 Å². The third-order valence-electron chi connectivity index (χ3n) is 7.15. The highest BCUT2D eigenvalue weighted by Gasteiger charge is 2.35. The summed E-state index contributed by atoms with van der Waals surface area (Å²) in [5.41, 5.74) is 1.39. The van der Waals surface area contributed by atoms with Gasteiger partial charge in [-0.2, -0.15) is 0 Å². The molecule has 1 unspecified atom stereocenters. The predicted octanol–water partition coefficient (Wildman–Crippen LogP) is 5.08. The molecule has 0 aliphatic carbocycles. The number of carbonyl (C=O) groups excluding carboxylic acids is 2. The number of anilines is 1. The number of halogens is 2. The van der Waals surface area contributed by atoms with Crippen LogP contribution in [0.25, 0.3) is 0 Å². The lowest BCUT2D eigenvalue weighted by atomic mass is 10.0. The zero-order valence-corrected chi connectivity index (χ0v) is 26.5. The number of nitrogens with zero attached hydrogens (tertiary/aromatic N) is 2. The molecule has 0 fully saturated rings. The minimum atomic E-state index is -4.44. The van der Waals surface area contributed by atoms with Gasteiger partial charge in [-0.3, -0.25) is 13.9 Å². The van der Waals surface area contributed by atoms with Crippen molar-refractivity contribution in [3.05, 3.63) is 119 Å². The fourth-order valence-electron chi connectivity index (χ4n) is 4.77. The van der Waals surface area contributed by atoms with Gasteiger partial charge in [0.2, 0.25) is 11.8 Å². The van der Waals surface area contributed by atoms with Crippen LogP contribution in [0.15, 0.2) is 102 Å². The quantitative estimate of drug-likeness (QED) is 0.216.